The first kappa shape index (κ1) is 19.7. The van der Waals surface area contributed by atoms with Crippen molar-refractivity contribution >= 4 is 53.1 Å². The van der Waals surface area contributed by atoms with Crippen LogP contribution >= 0.6 is 27.3 Å². The van der Waals surface area contributed by atoms with Crippen LogP contribution in [0.25, 0.3) is 21.6 Å². The van der Waals surface area contributed by atoms with E-state index in [1.807, 2.05) is 12.1 Å². The molecule has 2 aromatic heterocycles. The van der Waals surface area contributed by atoms with Crippen LogP contribution in [0.4, 0.5) is 5.13 Å². The number of rotatable bonds is 5. The van der Waals surface area contributed by atoms with Gasteiger partial charge in [0.05, 0.1) is 14.9 Å². The summed E-state index contributed by atoms with van der Waals surface area (Å²) in [4.78, 5) is 8.88. The highest BCUT2D eigenvalue weighted by atomic mass is 79.9. The summed E-state index contributed by atoms with van der Waals surface area (Å²) >= 11 is 4.76. The van der Waals surface area contributed by atoms with Crippen molar-refractivity contribution in [2.75, 3.05) is 12.0 Å². The SMILES string of the molecule is CS(=O)(=O)c1cccc(COc2cc3ncnc(-c4nnc(N)s4)c3cc2Br)c1. The van der Waals surface area contributed by atoms with Crippen LogP contribution in [0.15, 0.2) is 52.1 Å². The van der Waals surface area contributed by atoms with E-state index in [4.69, 9.17) is 10.5 Å². The van der Waals surface area contributed by atoms with Gasteiger partial charge in [-0.2, -0.15) is 0 Å². The second-order valence-electron chi connectivity index (χ2n) is 6.18. The fourth-order valence-electron chi connectivity index (χ4n) is 2.70. The zero-order chi connectivity index (χ0) is 20.6. The Bertz CT molecular complexity index is 1320. The van der Waals surface area contributed by atoms with Gasteiger partial charge in [0.2, 0.25) is 5.13 Å². The molecule has 8 nitrogen and oxygen atoms in total. The van der Waals surface area contributed by atoms with Gasteiger partial charge in [-0.05, 0) is 39.7 Å². The number of fused-ring (bicyclic) bond motifs is 1. The molecule has 2 aromatic carbocycles. The lowest BCUT2D eigenvalue weighted by atomic mass is 10.2. The van der Waals surface area contributed by atoms with Crippen molar-refractivity contribution in [2.45, 2.75) is 11.5 Å². The van der Waals surface area contributed by atoms with E-state index in [0.717, 1.165) is 10.9 Å². The predicted octanol–water partition coefficient (Wildman–Crippen LogP) is 3.48. The number of nitrogens with zero attached hydrogens (tertiary/aromatic N) is 4. The predicted molar refractivity (Wildman–Crippen MR) is 114 cm³/mol. The molecule has 0 aliphatic heterocycles. The van der Waals surface area contributed by atoms with Crippen molar-refractivity contribution in [3.8, 4) is 16.5 Å². The van der Waals surface area contributed by atoms with Crippen molar-refractivity contribution in [1.82, 2.24) is 20.2 Å². The van der Waals surface area contributed by atoms with Crippen LogP contribution in [-0.2, 0) is 16.4 Å². The summed E-state index contributed by atoms with van der Waals surface area (Å²) in [7, 11) is -3.28. The minimum atomic E-state index is -3.28. The summed E-state index contributed by atoms with van der Waals surface area (Å²) in [5.74, 6) is 0.573. The first-order valence-electron chi connectivity index (χ1n) is 8.26. The van der Waals surface area contributed by atoms with Crippen molar-refractivity contribution in [3.63, 3.8) is 0 Å². The van der Waals surface area contributed by atoms with Crippen molar-refractivity contribution in [3.05, 3.63) is 52.8 Å². The van der Waals surface area contributed by atoms with Crippen molar-refractivity contribution < 1.29 is 13.2 Å². The number of hydrogen-bond donors (Lipinski definition) is 1. The fraction of sp³-hybridized carbons (Fsp3) is 0.111. The largest absolute Gasteiger partial charge is 0.488 e. The van der Waals surface area contributed by atoms with Crippen molar-refractivity contribution in [2.24, 2.45) is 0 Å². The molecular formula is C18H14BrN5O3S2. The van der Waals surface area contributed by atoms with Crippen molar-refractivity contribution in [1.29, 1.82) is 0 Å². The summed E-state index contributed by atoms with van der Waals surface area (Å²) < 4.78 is 30.1. The minimum absolute atomic E-state index is 0.207. The van der Waals surface area contributed by atoms with Crippen LogP contribution in [0.5, 0.6) is 5.75 Å². The summed E-state index contributed by atoms with van der Waals surface area (Å²) in [5, 5.41) is 9.63. The van der Waals surface area contributed by atoms with Crippen LogP contribution < -0.4 is 10.5 Å². The molecule has 0 saturated heterocycles. The molecule has 0 fully saturated rings. The molecule has 0 bridgehead atoms. The number of nitrogens with two attached hydrogens (primary N) is 1. The molecule has 11 heteroatoms. The molecule has 0 radical (unpaired) electrons. The van der Waals surface area contributed by atoms with E-state index in [1.165, 1.54) is 23.9 Å². The van der Waals surface area contributed by atoms with Gasteiger partial charge >= 0.3 is 0 Å². The van der Waals surface area contributed by atoms with Gasteiger partial charge in [0.1, 0.15) is 24.4 Å². The molecule has 29 heavy (non-hydrogen) atoms. The summed E-state index contributed by atoms with van der Waals surface area (Å²) in [6, 6.07) is 10.3. The topological polar surface area (TPSA) is 121 Å². The van der Waals surface area contributed by atoms with E-state index in [0.29, 0.717) is 31.6 Å². The van der Waals surface area contributed by atoms with Crippen LogP contribution in [0.2, 0.25) is 0 Å². The Balaban J connectivity index is 1.65. The average Bonchev–Trinajstić information content (AvgIpc) is 3.11. The van der Waals surface area contributed by atoms with Crippen LogP contribution in [0.3, 0.4) is 0 Å². The number of hydrogen-bond acceptors (Lipinski definition) is 9. The summed E-state index contributed by atoms with van der Waals surface area (Å²) in [5.41, 5.74) is 7.73. The molecule has 0 amide bonds. The van der Waals surface area contributed by atoms with Crippen LogP contribution in [0.1, 0.15) is 5.56 Å². The van der Waals surface area contributed by atoms with E-state index in [1.54, 1.807) is 24.3 Å². The highest BCUT2D eigenvalue weighted by Gasteiger charge is 2.14. The Labute approximate surface area is 178 Å². The van der Waals surface area contributed by atoms with Crippen LogP contribution in [0, 0.1) is 0 Å². The standard InChI is InChI=1S/C18H14BrN5O3S2/c1-29(25,26)11-4-2-3-10(5-11)8-27-15-7-14-12(6-13(15)19)16(22-9-21-14)17-23-24-18(20)28-17/h2-7,9H,8H2,1H3,(H2,20,24). The molecule has 0 aliphatic carbocycles. The minimum Gasteiger partial charge on any atom is -0.488 e. The smallest absolute Gasteiger partial charge is 0.203 e. The zero-order valence-electron chi connectivity index (χ0n) is 15.0. The second-order valence-corrected chi connectivity index (χ2v) is 10.1. The van der Waals surface area contributed by atoms with Gasteiger partial charge in [0, 0.05) is 17.7 Å². The van der Waals surface area contributed by atoms with Gasteiger partial charge in [-0.25, -0.2) is 18.4 Å². The monoisotopic (exact) mass is 491 g/mol. The van der Waals surface area contributed by atoms with Crippen LogP contribution in [-0.4, -0.2) is 34.8 Å². The number of nitrogen functional groups attached to an aromatic ring is 1. The van der Waals surface area contributed by atoms with Gasteiger partial charge in [-0.1, -0.05) is 23.5 Å². The van der Waals surface area contributed by atoms with Gasteiger partial charge in [-0.3, -0.25) is 0 Å². The quantitative estimate of drug-likeness (QED) is 0.450. The molecule has 4 aromatic rings. The van der Waals surface area contributed by atoms with Gasteiger partial charge in [-0.15, -0.1) is 10.2 Å². The Morgan fingerprint density at radius 2 is 2.00 bits per heavy atom. The summed E-state index contributed by atoms with van der Waals surface area (Å²) in [6.45, 7) is 0.207. The Morgan fingerprint density at radius 3 is 2.72 bits per heavy atom. The second kappa shape index (κ2) is 7.65. The normalized spacial score (nSPS) is 11.7. The van der Waals surface area contributed by atoms with E-state index in [2.05, 4.69) is 36.1 Å². The third kappa shape index (κ3) is 4.21. The molecule has 148 valence electrons. The number of benzene rings is 2. The van der Waals surface area contributed by atoms with Gasteiger partial charge in [0.15, 0.2) is 14.8 Å². The van der Waals surface area contributed by atoms with Gasteiger partial charge < -0.3 is 10.5 Å². The first-order chi connectivity index (χ1) is 13.8. The molecular weight excluding hydrogens is 478 g/mol. The molecule has 4 rings (SSSR count). The number of anilines is 1. The molecule has 0 spiro atoms. The number of aromatic nitrogens is 4. The lowest BCUT2D eigenvalue weighted by Gasteiger charge is -2.11. The zero-order valence-corrected chi connectivity index (χ0v) is 18.3. The van der Waals surface area contributed by atoms with E-state index >= 15 is 0 Å². The van der Waals surface area contributed by atoms with E-state index in [-0.39, 0.29) is 11.5 Å². The third-order valence-corrected chi connectivity index (χ3v) is 6.54. The molecule has 0 atom stereocenters. The number of sulfone groups is 1. The highest BCUT2D eigenvalue weighted by molar-refractivity contribution is 9.10. The van der Waals surface area contributed by atoms with E-state index < -0.39 is 9.84 Å². The molecule has 2 N–H and O–H groups in total. The lowest BCUT2D eigenvalue weighted by Crippen LogP contribution is -2.01. The average molecular weight is 492 g/mol. The third-order valence-electron chi connectivity index (χ3n) is 4.05. The molecule has 0 aliphatic rings. The number of ether oxygens (including phenoxy) is 1. The highest BCUT2D eigenvalue weighted by Crippen LogP contribution is 2.35. The van der Waals surface area contributed by atoms with E-state index in [9.17, 15) is 8.42 Å². The number of halogens is 1. The fourth-order valence-corrected chi connectivity index (χ4v) is 4.47. The first-order valence-corrected chi connectivity index (χ1v) is 11.8. The molecule has 2 heterocycles. The summed E-state index contributed by atoms with van der Waals surface area (Å²) in [6.07, 6.45) is 2.62. The Kier molecular flexibility index (Phi) is 5.19. The Hall–Kier alpha value is -2.63. The Morgan fingerprint density at radius 1 is 1.17 bits per heavy atom. The maximum absolute atomic E-state index is 11.7. The lowest BCUT2D eigenvalue weighted by molar-refractivity contribution is 0.304. The maximum Gasteiger partial charge on any atom is 0.203 e. The molecule has 0 saturated carbocycles. The molecule has 0 unspecified atom stereocenters. The maximum atomic E-state index is 11.7. The van der Waals surface area contributed by atoms with Gasteiger partial charge in [0.25, 0.3) is 0 Å².